The predicted octanol–water partition coefficient (Wildman–Crippen LogP) is 4.27. The standard InChI is InChI=1S/C24H22FN3O5S/c1-32-22-13-17(11-15-3-2-4-15)19(25)14-21(22)28-20-7-6-18(12-16(20)5-8-24(28)29)34(30,31)27-23-9-10-33-26-23/h5-10,12-15H,2-4,11H2,1H3,(H,26,27). The van der Waals surface area contributed by atoms with Gasteiger partial charge in [-0.2, -0.15) is 0 Å². The lowest BCUT2D eigenvalue weighted by molar-refractivity contribution is 0.310. The van der Waals surface area contributed by atoms with Gasteiger partial charge in [0.1, 0.15) is 17.8 Å². The van der Waals surface area contributed by atoms with Crippen LogP contribution in [0.4, 0.5) is 10.2 Å². The topological polar surface area (TPSA) is 103 Å². The number of hydrogen-bond donors (Lipinski definition) is 1. The van der Waals surface area contributed by atoms with E-state index in [-0.39, 0.29) is 16.4 Å². The van der Waals surface area contributed by atoms with Crippen molar-refractivity contribution in [3.05, 3.63) is 76.5 Å². The van der Waals surface area contributed by atoms with Gasteiger partial charge in [0, 0.05) is 23.6 Å². The van der Waals surface area contributed by atoms with E-state index in [1.165, 1.54) is 66.8 Å². The predicted molar refractivity (Wildman–Crippen MR) is 124 cm³/mol. The number of halogens is 1. The molecular formula is C24H22FN3O5S. The van der Waals surface area contributed by atoms with Crippen LogP contribution in [0, 0.1) is 11.7 Å². The van der Waals surface area contributed by atoms with Crippen molar-refractivity contribution in [3.8, 4) is 11.4 Å². The lowest BCUT2D eigenvalue weighted by Gasteiger charge is -2.26. The Balaban J connectivity index is 1.59. The summed E-state index contributed by atoms with van der Waals surface area (Å²) in [4.78, 5) is 12.8. The SMILES string of the molecule is COc1cc(CC2CCC2)c(F)cc1-n1c(=O)ccc2cc(S(=O)(=O)Nc3ccon3)ccc21. The normalized spacial score (nSPS) is 14.2. The largest absolute Gasteiger partial charge is 0.495 e. The maximum Gasteiger partial charge on any atom is 0.263 e. The van der Waals surface area contributed by atoms with Crippen LogP contribution in [-0.4, -0.2) is 25.3 Å². The van der Waals surface area contributed by atoms with Crippen LogP contribution >= 0.6 is 0 Å². The van der Waals surface area contributed by atoms with E-state index in [1.807, 2.05) is 0 Å². The molecule has 176 valence electrons. The Morgan fingerprint density at radius 3 is 2.68 bits per heavy atom. The van der Waals surface area contributed by atoms with Crippen LogP contribution in [0.1, 0.15) is 24.8 Å². The summed E-state index contributed by atoms with van der Waals surface area (Å²) < 4.78 is 54.3. The molecule has 0 spiro atoms. The van der Waals surface area contributed by atoms with Crippen molar-refractivity contribution in [2.75, 3.05) is 11.8 Å². The van der Waals surface area contributed by atoms with E-state index in [2.05, 4.69) is 14.4 Å². The minimum atomic E-state index is -3.94. The molecule has 0 saturated heterocycles. The van der Waals surface area contributed by atoms with Crippen LogP contribution in [-0.2, 0) is 16.4 Å². The molecule has 1 fully saturated rings. The van der Waals surface area contributed by atoms with Crippen molar-refractivity contribution in [3.63, 3.8) is 0 Å². The van der Waals surface area contributed by atoms with Gasteiger partial charge in [-0.1, -0.05) is 24.4 Å². The lowest BCUT2D eigenvalue weighted by atomic mass is 9.81. The number of aromatic nitrogens is 2. The first-order chi connectivity index (χ1) is 16.4. The highest BCUT2D eigenvalue weighted by Gasteiger charge is 2.22. The van der Waals surface area contributed by atoms with Crippen LogP contribution in [0.3, 0.4) is 0 Å². The molecule has 0 atom stereocenters. The third-order valence-electron chi connectivity index (χ3n) is 6.17. The fourth-order valence-electron chi connectivity index (χ4n) is 4.19. The molecule has 1 saturated carbocycles. The summed E-state index contributed by atoms with van der Waals surface area (Å²) in [6.45, 7) is 0. The van der Waals surface area contributed by atoms with E-state index in [1.54, 1.807) is 6.07 Å². The van der Waals surface area contributed by atoms with E-state index >= 15 is 4.39 Å². The van der Waals surface area contributed by atoms with Gasteiger partial charge in [-0.05, 0) is 48.2 Å². The average molecular weight is 484 g/mol. The van der Waals surface area contributed by atoms with Crippen LogP contribution in [0.25, 0.3) is 16.6 Å². The fraction of sp³-hybridized carbons (Fsp3) is 0.250. The number of hydrogen-bond acceptors (Lipinski definition) is 6. The number of nitrogens with zero attached hydrogens (tertiary/aromatic N) is 2. The number of benzene rings is 2. The van der Waals surface area contributed by atoms with Gasteiger partial charge in [-0.25, -0.2) is 12.8 Å². The Labute approximate surface area is 195 Å². The molecule has 34 heavy (non-hydrogen) atoms. The highest BCUT2D eigenvalue weighted by Crippen LogP contribution is 2.34. The fourth-order valence-corrected chi connectivity index (χ4v) is 5.22. The van der Waals surface area contributed by atoms with Crippen LogP contribution in [0.5, 0.6) is 5.75 Å². The summed E-state index contributed by atoms with van der Waals surface area (Å²) in [5, 5.41) is 4.03. The Morgan fingerprint density at radius 2 is 2.00 bits per heavy atom. The van der Waals surface area contributed by atoms with Crippen molar-refractivity contribution in [1.82, 2.24) is 9.72 Å². The molecule has 4 aromatic rings. The molecule has 2 aromatic heterocycles. The van der Waals surface area contributed by atoms with Crippen molar-refractivity contribution in [1.29, 1.82) is 0 Å². The number of sulfonamides is 1. The van der Waals surface area contributed by atoms with E-state index < -0.39 is 21.4 Å². The minimum Gasteiger partial charge on any atom is -0.495 e. The minimum absolute atomic E-state index is 0.0257. The first-order valence-corrected chi connectivity index (χ1v) is 12.3. The Bertz CT molecular complexity index is 1530. The van der Waals surface area contributed by atoms with Gasteiger partial charge < -0.3 is 9.26 Å². The Morgan fingerprint density at radius 1 is 1.18 bits per heavy atom. The maximum absolute atomic E-state index is 15.0. The Kier molecular flexibility index (Phi) is 5.60. The molecule has 8 nitrogen and oxygen atoms in total. The zero-order valence-corrected chi connectivity index (χ0v) is 19.1. The van der Waals surface area contributed by atoms with Gasteiger partial charge in [-0.3, -0.25) is 14.1 Å². The second-order valence-corrected chi connectivity index (χ2v) is 10.0. The van der Waals surface area contributed by atoms with Crippen molar-refractivity contribution in [2.45, 2.75) is 30.6 Å². The molecule has 0 radical (unpaired) electrons. The second kappa shape index (κ2) is 8.60. The van der Waals surface area contributed by atoms with Crippen LogP contribution < -0.4 is 15.0 Å². The van der Waals surface area contributed by atoms with E-state index in [9.17, 15) is 13.2 Å². The molecule has 2 aromatic carbocycles. The number of ether oxygens (including phenoxy) is 1. The number of anilines is 1. The first kappa shape index (κ1) is 22.1. The molecular weight excluding hydrogens is 461 g/mol. The summed E-state index contributed by atoms with van der Waals surface area (Å²) in [7, 11) is -2.47. The lowest BCUT2D eigenvalue weighted by Crippen LogP contribution is -2.20. The van der Waals surface area contributed by atoms with Crippen LogP contribution in [0.15, 0.2) is 69.0 Å². The zero-order chi connectivity index (χ0) is 23.9. The van der Waals surface area contributed by atoms with Crippen molar-refractivity contribution >= 4 is 26.7 Å². The number of nitrogens with one attached hydrogen (secondary N) is 1. The number of rotatable bonds is 7. The molecule has 0 amide bonds. The molecule has 10 heteroatoms. The van der Waals surface area contributed by atoms with Gasteiger partial charge in [0.15, 0.2) is 5.82 Å². The molecule has 5 rings (SSSR count). The van der Waals surface area contributed by atoms with Crippen LogP contribution in [0.2, 0.25) is 0 Å². The van der Waals surface area contributed by atoms with Gasteiger partial charge in [0.2, 0.25) is 0 Å². The zero-order valence-electron chi connectivity index (χ0n) is 18.3. The monoisotopic (exact) mass is 483 g/mol. The summed E-state index contributed by atoms with van der Waals surface area (Å²) >= 11 is 0. The molecule has 1 N–H and O–H groups in total. The number of fused-ring (bicyclic) bond motifs is 1. The molecule has 2 heterocycles. The first-order valence-electron chi connectivity index (χ1n) is 10.8. The number of methoxy groups -OCH3 is 1. The molecule has 1 aliphatic rings. The summed E-state index contributed by atoms with van der Waals surface area (Å²) in [6.07, 6.45) is 5.22. The summed E-state index contributed by atoms with van der Waals surface area (Å²) in [5.41, 5.74) is 0.834. The molecule has 0 unspecified atom stereocenters. The number of pyridine rings is 1. The van der Waals surface area contributed by atoms with E-state index in [0.29, 0.717) is 34.6 Å². The summed E-state index contributed by atoms with van der Waals surface area (Å²) in [6, 6.07) is 11.5. The Hall–Kier alpha value is -3.66. The highest BCUT2D eigenvalue weighted by atomic mass is 32.2. The van der Waals surface area contributed by atoms with Crippen molar-refractivity contribution < 1.29 is 22.1 Å². The van der Waals surface area contributed by atoms with Gasteiger partial charge in [-0.15, -0.1) is 0 Å². The summed E-state index contributed by atoms with van der Waals surface area (Å²) in [5.74, 6) is 0.487. The van der Waals surface area contributed by atoms with Gasteiger partial charge in [0.05, 0.1) is 23.2 Å². The molecule has 1 aliphatic carbocycles. The average Bonchev–Trinajstić information content (AvgIpc) is 3.29. The highest BCUT2D eigenvalue weighted by molar-refractivity contribution is 7.92. The third-order valence-corrected chi connectivity index (χ3v) is 7.53. The molecule has 0 bridgehead atoms. The molecule has 0 aliphatic heterocycles. The van der Waals surface area contributed by atoms with E-state index in [0.717, 1.165) is 12.8 Å². The maximum atomic E-state index is 15.0. The van der Waals surface area contributed by atoms with E-state index in [4.69, 9.17) is 4.74 Å². The quantitative estimate of drug-likeness (QED) is 0.421. The van der Waals surface area contributed by atoms with Gasteiger partial charge in [0.25, 0.3) is 15.6 Å². The third kappa shape index (κ3) is 4.05. The van der Waals surface area contributed by atoms with Crippen molar-refractivity contribution in [2.24, 2.45) is 5.92 Å². The van der Waals surface area contributed by atoms with Gasteiger partial charge >= 0.3 is 0 Å². The second-order valence-electron chi connectivity index (χ2n) is 8.33. The smallest absolute Gasteiger partial charge is 0.263 e.